The third kappa shape index (κ3) is 7.59. The molecular formula is C18H34INO3. The predicted molar refractivity (Wildman–Crippen MR) is 103 cm³/mol. The van der Waals surface area contributed by atoms with Crippen molar-refractivity contribution in [3.05, 3.63) is 0 Å². The first-order valence-electron chi connectivity index (χ1n) is 8.80. The molecule has 0 N–H and O–H groups in total. The fourth-order valence-electron chi connectivity index (χ4n) is 3.03. The predicted octanol–water partition coefficient (Wildman–Crippen LogP) is 5.03. The molecule has 23 heavy (non-hydrogen) atoms. The van der Waals surface area contributed by atoms with E-state index in [1.165, 1.54) is 12.8 Å². The van der Waals surface area contributed by atoms with Crippen LogP contribution in [0.3, 0.4) is 0 Å². The van der Waals surface area contributed by atoms with Crippen LogP contribution < -0.4 is 0 Å². The lowest BCUT2D eigenvalue weighted by atomic mass is 9.88. The van der Waals surface area contributed by atoms with Gasteiger partial charge in [-0.1, -0.05) is 42.4 Å². The molecule has 5 heteroatoms. The van der Waals surface area contributed by atoms with Crippen molar-refractivity contribution in [2.24, 2.45) is 5.92 Å². The zero-order chi connectivity index (χ0) is 17.7. The molecule has 0 bridgehead atoms. The Labute approximate surface area is 155 Å². The Hall–Kier alpha value is -0.0400. The molecule has 1 saturated carbocycles. The summed E-state index contributed by atoms with van der Waals surface area (Å²) in [6.07, 6.45) is 4.87. The van der Waals surface area contributed by atoms with Gasteiger partial charge in [0.05, 0.1) is 18.2 Å². The van der Waals surface area contributed by atoms with Crippen LogP contribution in [0, 0.1) is 5.92 Å². The van der Waals surface area contributed by atoms with Crippen molar-refractivity contribution >= 4 is 28.7 Å². The highest BCUT2D eigenvalue weighted by atomic mass is 127. The van der Waals surface area contributed by atoms with Crippen molar-refractivity contribution in [3.8, 4) is 0 Å². The number of rotatable bonds is 6. The van der Waals surface area contributed by atoms with Crippen LogP contribution >= 0.6 is 22.6 Å². The van der Waals surface area contributed by atoms with Gasteiger partial charge < -0.3 is 14.4 Å². The van der Waals surface area contributed by atoms with E-state index < -0.39 is 5.60 Å². The molecule has 0 radical (unpaired) electrons. The number of carbonyl (C=O) groups excluding carboxylic acids is 1. The third-order valence-corrected chi connectivity index (χ3v) is 5.79. The summed E-state index contributed by atoms with van der Waals surface area (Å²) in [7, 11) is 0. The second kappa shape index (κ2) is 8.88. The van der Waals surface area contributed by atoms with Crippen LogP contribution in [0.5, 0.6) is 0 Å². The van der Waals surface area contributed by atoms with Crippen molar-refractivity contribution in [2.75, 3.05) is 17.5 Å². The normalized spacial score (nSPS) is 24.8. The van der Waals surface area contributed by atoms with Gasteiger partial charge in [0, 0.05) is 11.0 Å². The number of carbonyl (C=O) groups is 1. The first kappa shape index (κ1) is 21.0. The topological polar surface area (TPSA) is 38.8 Å². The maximum absolute atomic E-state index is 12.4. The SMILES string of the molecule is CCN(CC(C)(CI)OC1CCCC(C)C1)C(=O)OC(C)(C)C. The maximum Gasteiger partial charge on any atom is 0.410 e. The molecule has 0 heterocycles. The number of hydrogen-bond donors (Lipinski definition) is 0. The van der Waals surface area contributed by atoms with Crippen LogP contribution in [0.4, 0.5) is 4.79 Å². The lowest BCUT2D eigenvalue weighted by Crippen LogP contribution is -2.50. The average molecular weight is 439 g/mol. The maximum atomic E-state index is 12.4. The number of halogens is 1. The van der Waals surface area contributed by atoms with Gasteiger partial charge in [-0.15, -0.1) is 0 Å². The van der Waals surface area contributed by atoms with Crippen molar-refractivity contribution in [2.45, 2.75) is 84.5 Å². The Kier molecular flexibility index (Phi) is 8.11. The summed E-state index contributed by atoms with van der Waals surface area (Å²) in [5.41, 5.74) is -0.792. The molecular weight excluding hydrogens is 405 g/mol. The van der Waals surface area contributed by atoms with Gasteiger partial charge in [0.25, 0.3) is 0 Å². The van der Waals surface area contributed by atoms with E-state index in [2.05, 4.69) is 36.4 Å². The summed E-state index contributed by atoms with van der Waals surface area (Å²) in [5.74, 6) is 0.736. The molecule has 3 unspecified atom stereocenters. The van der Waals surface area contributed by atoms with Gasteiger partial charge in [0.1, 0.15) is 5.60 Å². The van der Waals surface area contributed by atoms with Crippen molar-refractivity contribution in [1.82, 2.24) is 4.90 Å². The van der Waals surface area contributed by atoms with E-state index in [9.17, 15) is 4.79 Å². The molecule has 1 aliphatic rings. The Morgan fingerprint density at radius 3 is 2.39 bits per heavy atom. The molecule has 4 nitrogen and oxygen atoms in total. The third-order valence-electron chi connectivity index (χ3n) is 4.18. The van der Waals surface area contributed by atoms with E-state index in [1.807, 2.05) is 27.7 Å². The van der Waals surface area contributed by atoms with E-state index in [-0.39, 0.29) is 11.7 Å². The Bertz CT molecular complexity index is 383. The molecule has 0 spiro atoms. The molecule has 1 fully saturated rings. The highest BCUT2D eigenvalue weighted by Gasteiger charge is 2.34. The number of likely N-dealkylation sites (N-methyl/N-ethyl adjacent to an activating group) is 1. The molecule has 1 aliphatic carbocycles. The summed E-state index contributed by atoms with van der Waals surface area (Å²) in [4.78, 5) is 14.1. The molecule has 1 rings (SSSR count). The van der Waals surface area contributed by atoms with Crippen LogP contribution in [0.2, 0.25) is 0 Å². The average Bonchev–Trinajstić information content (AvgIpc) is 2.43. The van der Waals surface area contributed by atoms with E-state index in [0.29, 0.717) is 19.2 Å². The molecule has 3 atom stereocenters. The molecule has 136 valence electrons. The van der Waals surface area contributed by atoms with Gasteiger partial charge in [-0.3, -0.25) is 0 Å². The van der Waals surface area contributed by atoms with Crippen molar-refractivity contribution in [1.29, 1.82) is 0 Å². The van der Waals surface area contributed by atoms with Gasteiger partial charge in [0.15, 0.2) is 0 Å². The van der Waals surface area contributed by atoms with Gasteiger partial charge in [0.2, 0.25) is 0 Å². The van der Waals surface area contributed by atoms with Crippen molar-refractivity contribution < 1.29 is 14.3 Å². The number of nitrogens with zero attached hydrogens (tertiary/aromatic N) is 1. The molecule has 0 saturated heterocycles. The lowest BCUT2D eigenvalue weighted by molar-refractivity contribution is -0.0989. The summed E-state index contributed by atoms with van der Waals surface area (Å²) < 4.78 is 12.8. The number of ether oxygens (including phenoxy) is 2. The quantitative estimate of drug-likeness (QED) is 0.430. The summed E-state index contributed by atoms with van der Waals surface area (Å²) >= 11 is 2.37. The summed E-state index contributed by atoms with van der Waals surface area (Å²) in [6, 6.07) is 0. The van der Waals surface area contributed by atoms with Crippen LogP contribution in [-0.2, 0) is 9.47 Å². The summed E-state index contributed by atoms with van der Waals surface area (Å²) in [5, 5.41) is 0. The van der Waals surface area contributed by atoms with E-state index in [1.54, 1.807) is 4.90 Å². The largest absolute Gasteiger partial charge is 0.444 e. The Morgan fingerprint density at radius 2 is 1.91 bits per heavy atom. The zero-order valence-electron chi connectivity index (χ0n) is 15.7. The first-order chi connectivity index (χ1) is 10.6. The smallest absolute Gasteiger partial charge is 0.410 e. The highest BCUT2D eigenvalue weighted by molar-refractivity contribution is 14.1. The first-order valence-corrected chi connectivity index (χ1v) is 10.3. The minimum absolute atomic E-state index is 0.253. The van der Waals surface area contributed by atoms with Crippen LogP contribution in [0.15, 0.2) is 0 Å². The van der Waals surface area contributed by atoms with E-state index >= 15 is 0 Å². The summed E-state index contributed by atoms with van der Waals surface area (Å²) in [6.45, 7) is 13.3. The Morgan fingerprint density at radius 1 is 1.26 bits per heavy atom. The molecule has 0 aromatic rings. The number of hydrogen-bond acceptors (Lipinski definition) is 3. The van der Waals surface area contributed by atoms with Gasteiger partial charge in [-0.25, -0.2) is 4.79 Å². The van der Waals surface area contributed by atoms with E-state index in [0.717, 1.165) is 23.2 Å². The standard InChI is InChI=1S/C18H34INO3/c1-7-20(16(21)23-17(3,4)5)13-18(6,12-19)22-15-10-8-9-14(2)11-15/h14-15H,7-13H2,1-6H3. The molecule has 0 aromatic carbocycles. The lowest BCUT2D eigenvalue weighted by Gasteiger charge is -2.39. The van der Waals surface area contributed by atoms with Crippen LogP contribution in [-0.4, -0.2) is 45.8 Å². The molecule has 0 aliphatic heterocycles. The van der Waals surface area contributed by atoms with Crippen LogP contribution in [0.1, 0.15) is 67.2 Å². The van der Waals surface area contributed by atoms with Gasteiger partial charge in [-0.2, -0.15) is 0 Å². The second-order valence-corrected chi connectivity index (χ2v) is 8.85. The fourth-order valence-corrected chi connectivity index (χ4v) is 3.46. The minimum Gasteiger partial charge on any atom is -0.444 e. The minimum atomic E-state index is -0.467. The molecule has 1 amide bonds. The highest BCUT2D eigenvalue weighted by Crippen LogP contribution is 2.30. The van der Waals surface area contributed by atoms with Crippen LogP contribution in [0.25, 0.3) is 0 Å². The zero-order valence-corrected chi connectivity index (χ0v) is 17.8. The Balaban J connectivity index is 2.68. The van der Waals surface area contributed by atoms with Gasteiger partial charge >= 0.3 is 6.09 Å². The van der Waals surface area contributed by atoms with Crippen molar-refractivity contribution in [3.63, 3.8) is 0 Å². The molecule has 0 aromatic heterocycles. The fraction of sp³-hybridized carbons (Fsp3) is 0.944. The van der Waals surface area contributed by atoms with E-state index in [4.69, 9.17) is 9.47 Å². The number of alkyl halides is 1. The number of amides is 1. The monoisotopic (exact) mass is 439 g/mol. The second-order valence-electron chi connectivity index (χ2n) is 8.09. The van der Waals surface area contributed by atoms with Gasteiger partial charge in [-0.05, 0) is 53.4 Å².